The van der Waals surface area contributed by atoms with E-state index >= 15 is 0 Å². The highest BCUT2D eigenvalue weighted by atomic mass is 16.6. The van der Waals surface area contributed by atoms with Gasteiger partial charge in [0.05, 0.1) is 18.4 Å². The molecule has 19 heavy (non-hydrogen) atoms. The van der Waals surface area contributed by atoms with E-state index in [0.717, 1.165) is 6.42 Å². The zero-order valence-corrected chi connectivity index (χ0v) is 11.0. The monoisotopic (exact) mass is 266 g/mol. The van der Waals surface area contributed by atoms with Gasteiger partial charge in [-0.1, -0.05) is 0 Å². The number of ether oxygens (including phenoxy) is 2. The number of carbonyl (C=O) groups is 3. The first-order valence-electron chi connectivity index (χ1n) is 6.93. The number of hydrogen-bond acceptors (Lipinski definition) is 5. The molecule has 0 N–H and O–H groups in total. The second-order valence-corrected chi connectivity index (χ2v) is 5.95. The summed E-state index contributed by atoms with van der Waals surface area (Å²) in [5, 5.41) is 0. The molecule has 0 aromatic carbocycles. The van der Waals surface area contributed by atoms with Crippen molar-refractivity contribution in [1.82, 2.24) is 0 Å². The van der Waals surface area contributed by atoms with Crippen molar-refractivity contribution in [3.05, 3.63) is 0 Å². The third kappa shape index (κ3) is 1.78. The smallest absolute Gasteiger partial charge is 0.313 e. The average Bonchev–Trinajstić information content (AvgIpc) is 2.33. The predicted molar refractivity (Wildman–Crippen MR) is 64.0 cm³/mol. The van der Waals surface area contributed by atoms with Crippen LogP contribution in [-0.4, -0.2) is 30.4 Å². The minimum absolute atomic E-state index is 0.0523. The molecule has 2 saturated carbocycles. The fraction of sp³-hybridized carbons (Fsp3) is 0.786. The van der Waals surface area contributed by atoms with Crippen LogP contribution in [0.2, 0.25) is 0 Å². The van der Waals surface area contributed by atoms with Crippen LogP contribution in [0.5, 0.6) is 0 Å². The average molecular weight is 266 g/mol. The first-order valence-corrected chi connectivity index (χ1v) is 6.93. The molecule has 1 aliphatic heterocycles. The van der Waals surface area contributed by atoms with E-state index in [9.17, 15) is 14.4 Å². The molecule has 1 spiro atoms. The van der Waals surface area contributed by atoms with Crippen molar-refractivity contribution in [3.8, 4) is 0 Å². The zero-order valence-electron chi connectivity index (χ0n) is 11.0. The molecule has 1 saturated heterocycles. The maximum absolute atomic E-state index is 12.5. The normalized spacial score (nSPS) is 42.6. The van der Waals surface area contributed by atoms with Crippen molar-refractivity contribution in [1.29, 1.82) is 0 Å². The Labute approximate surface area is 111 Å². The number of Topliss-reactive ketones (excluding diaryl/α,β-unsaturated/α-hetero) is 1. The first kappa shape index (κ1) is 12.6. The van der Waals surface area contributed by atoms with Crippen LogP contribution in [0.4, 0.5) is 0 Å². The van der Waals surface area contributed by atoms with Gasteiger partial charge in [0, 0.05) is 18.3 Å². The Morgan fingerprint density at radius 2 is 2.05 bits per heavy atom. The molecular weight excluding hydrogens is 248 g/mol. The summed E-state index contributed by atoms with van der Waals surface area (Å²) < 4.78 is 10.6. The lowest BCUT2D eigenvalue weighted by atomic mass is 9.47. The number of cyclic esters (lactones) is 2. The van der Waals surface area contributed by atoms with Crippen LogP contribution >= 0.6 is 0 Å². The van der Waals surface area contributed by atoms with Crippen LogP contribution in [0.1, 0.15) is 39.0 Å². The standard InChI is InChI=1S/C14H18O5/c1-8-5-12(16)18-7-9-6-10-11(15)3-2-4-14(9,10)13(17)19-8/h8-10H,2-7H2,1H3/t8-,9-,10-,14+/m1/s1. The van der Waals surface area contributed by atoms with Gasteiger partial charge in [-0.25, -0.2) is 0 Å². The Morgan fingerprint density at radius 1 is 1.26 bits per heavy atom. The number of ketones is 1. The number of esters is 2. The lowest BCUT2D eigenvalue weighted by molar-refractivity contribution is -0.193. The van der Waals surface area contributed by atoms with Gasteiger partial charge in [0.25, 0.3) is 0 Å². The molecule has 4 atom stereocenters. The molecule has 0 unspecified atom stereocenters. The van der Waals surface area contributed by atoms with E-state index in [4.69, 9.17) is 9.47 Å². The van der Waals surface area contributed by atoms with Crippen LogP contribution in [0.3, 0.4) is 0 Å². The Kier molecular flexibility index (Phi) is 2.87. The zero-order chi connectivity index (χ0) is 13.6. The lowest BCUT2D eigenvalue weighted by Gasteiger charge is -2.54. The van der Waals surface area contributed by atoms with Gasteiger partial charge in [-0.3, -0.25) is 14.4 Å². The Morgan fingerprint density at radius 3 is 2.84 bits per heavy atom. The Bertz CT molecular complexity index is 443. The summed E-state index contributed by atoms with van der Waals surface area (Å²) in [6, 6.07) is 0. The maximum atomic E-state index is 12.5. The first-order chi connectivity index (χ1) is 9.04. The van der Waals surface area contributed by atoms with Crippen LogP contribution in [0, 0.1) is 17.3 Å². The molecule has 1 heterocycles. The third-order valence-corrected chi connectivity index (χ3v) is 4.86. The summed E-state index contributed by atoms with van der Waals surface area (Å²) in [7, 11) is 0. The summed E-state index contributed by atoms with van der Waals surface area (Å²) in [4.78, 5) is 35.9. The SMILES string of the molecule is C[C@@H]1CC(=O)OC[C@H]2C[C@@H]3C(=O)CCC[C@]23C(=O)O1. The van der Waals surface area contributed by atoms with Crippen molar-refractivity contribution >= 4 is 17.7 Å². The molecule has 3 fully saturated rings. The maximum Gasteiger partial charge on any atom is 0.313 e. The minimum atomic E-state index is -0.714. The molecule has 3 rings (SSSR count). The summed E-state index contributed by atoms with van der Waals surface area (Å²) in [5.74, 6) is -0.737. The van der Waals surface area contributed by atoms with Crippen LogP contribution < -0.4 is 0 Å². The lowest BCUT2D eigenvalue weighted by Crippen LogP contribution is -2.61. The van der Waals surface area contributed by atoms with E-state index < -0.39 is 11.5 Å². The predicted octanol–water partition coefficient (Wildman–Crippen LogP) is 1.24. The molecule has 5 heteroatoms. The third-order valence-electron chi connectivity index (χ3n) is 4.86. The van der Waals surface area contributed by atoms with Crippen molar-refractivity contribution in [3.63, 3.8) is 0 Å². The van der Waals surface area contributed by atoms with Crippen LogP contribution in [0.15, 0.2) is 0 Å². The second kappa shape index (κ2) is 4.32. The summed E-state index contributed by atoms with van der Waals surface area (Å²) in [5.41, 5.74) is -0.714. The largest absolute Gasteiger partial charge is 0.465 e. The Hall–Kier alpha value is -1.39. The Balaban J connectivity index is 1.91. The molecule has 3 aliphatic rings. The van der Waals surface area contributed by atoms with Crippen molar-refractivity contribution in [2.24, 2.45) is 17.3 Å². The number of rotatable bonds is 0. The van der Waals surface area contributed by atoms with Gasteiger partial charge in [-0.15, -0.1) is 0 Å². The summed E-state index contributed by atoms with van der Waals surface area (Å²) in [6.45, 7) is 1.93. The quantitative estimate of drug-likeness (QED) is 0.617. The molecule has 0 aromatic rings. The molecule has 5 nitrogen and oxygen atoms in total. The van der Waals surface area contributed by atoms with E-state index in [1.165, 1.54) is 0 Å². The fourth-order valence-corrected chi connectivity index (χ4v) is 3.80. The van der Waals surface area contributed by atoms with Gasteiger partial charge in [0.15, 0.2) is 0 Å². The van der Waals surface area contributed by atoms with Gasteiger partial charge in [0.1, 0.15) is 11.9 Å². The van der Waals surface area contributed by atoms with Crippen molar-refractivity contribution < 1.29 is 23.9 Å². The summed E-state index contributed by atoms with van der Waals surface area (Å²) in [6.07, 6.45) is 2.22. The molecular formula is C14H18O5. The van der Waals surface area contributed by atoms with Gasteiger partial charge < -0.3 is 9.47 Å². The number of carbonyl (C=O) groups excluding carboxylic acids is 3. The van der Waals surface area contributed by atoms with E-state index in [2.05, 4.69) is 0 Å². The minimum Gasteiger partial charge on any atom is -0.465 e. The summed E-state index contributed by atoms with van der Waals surface area (Å²) >= 11 is 0. The highest BCUT2D eigenvalue weighted by molar-refractivity contribution is 5.93. The van der Waals surface area contributed by atoms with Gasteiger partial charge >= 0.3 is 11.9 Å². The highest BCUT2D eigenvalue weighted by Gasteiger charge is 2.65. The van der Waals surface area contributed by atoms with Crippen molar-refractivity contribution in [2.45, 2.75) is 45.1 Å². The van der Waals surface area contributed by atoms with E-state index in [1.807, 2.05) is 0 Å². The van der Waals surface area contributed by atoms with Crippen LogP contribution in [-0.2, 0) is 23.9 Å². The number of hydrogen-bond donors (Lipinski definition) is 0. The fourth-order valence-electron chi connectivity index (χ4n) is 3.80. The molecule has 0 amide bonds. The second-order valence-electron chi connectivity index (χ2n) is 5.95. The highest BCUT2D eigenvalue weighted by Crippen LogP contribution is 2.59. The van der Waals surface area contributed by atoms with E-state index in [1.54, 1.807) is 6.92 Å². The molecule has 0 aromatic heterocycles. The van der Waals surface area contributed by atoms with Gasteiger partial charge in [0.2, 0.25) is 0 Å². The van der Waals surface area contributed by atoms with Crippen LogP contribution in [0.25, 0.3) is 0 Å². The van der Waals surface area contributed by atoms with Crippen molar-refractivity contribution in [2.75, 3.05) is 6.61 Å². The molecule has 104 valence electrons. The van der Waals surface area contributed by atoms with Gasteiger partial charge in [-0.05, 0) is 26.2 Å². The van der Waals surface area contributed by atoms with Gasteiger partial charge in [-0.2, -0.15) is 0 Å². The molecule has 0 radical (unpaired) electrons. The van der Waals surface area contributed by atoms with E-state index in [-0.39, 0.29) is 42.6 Å². The topological polar surface area (TPSA) is 69.7 Å². The van der Waals surface area contributed by atoms with E-state index in [0.29, 0.717) is 19.3 Å². The molecule has 2 aliphatic carbocycles. The molecule has 0 bridgehead atoms.